The van der Waals surface area contributed by atoms with Gasteiger partial charge in [-0.05, 0) is 13.0 Å². The van der Waals surface area contributed by atoms with E-state index in [1.54, 1.807) is 12.3 Å². The average Bonchev–Trinajstić information content (AvgIpc) is 2.18. The number of aromatic nitrogens is 1. The molecule has 0 saturated carbocycles. The third-order valence-corrected chi connectivity index (χ3v) is 2.65. The van der Waals surface area contributed by atoms with E-state index in [1.807, 2.05) is 0 Å². The summed E-state index contributed by atoms with van der Waals surface area (Å²) in [6, 6.07) is 2.18. The quantitative estimate of drug-likeness (QED) is 0.664. The lowest BCUT2D eigenvalue weighted by molar-refractivity contribution is 0.217. The Kier molecular flexibility index (Phi) is 4.88. The van der Waals surface area contributed by atoms with Crippen LogP contribution in [0.3, 0.4) is 0 Å². The van der Waals surface area contributed by atoms with Crippen LogP contribution < -0.4 is 10.1 Å². The van der Waals surface area contributed by atoms with E-state index in [4.69, 9.17) is 22.8 Å². The van der Waals surface area contributed by atoms with E-state index in [1.165, 1.54) is 0 Å². The zero-order valence-electron chi connectivity index (χ0n) is 8.57. The number of nitrogens with zero attached hydrogens (tertiary/aromatic N) is 1. The molecule has 1 aliphatic rings. The Hall–Kier alpha value is -0.950. The first kappa shape index (κ1) is 13.1. The van der Waals surface area contributed by atoms with Crippen LogP contribution in [-0.2, 0) is 0 Å². The first-order chi connectivity index (χ1) is 7.29. The molecule has 1 atom stereocenters. The molecule has 86 valence electrons. The van der Waals surface area contributed by atoms with Crippen molar-refractivity contribution in [2.75, 3.05) is 13.2 Å². The van der Waals surface area contributed by atoms with Gasteiger partial charge in [0.2, 0.25) is 0 Å². The molecular formula is C11H12Cl2N2O. The Balaban J connectivity index is 0.00000128. The highest BCUT2D eigenvalue weighted by atomic mass is 35.5. The zero-order valence-corrected chi connectivity index (χ0v) is 10.1. The van der Waals surface area contributed by atoms with E-state index in [0.717, 1.165) is 13.0 Å². The lowest BCUT2D eigenvalue weighted by Gasteiger charge is -2.27. The smallest absolute Gasteiger partial charge is 0.144 e. The molecule has 16 heavy (non-hydrogen) atoms. The Labute approximate surface area is 106 Å². The van der Waals surface area contributed by atoms with Gasteiger partial charge in [0.05, 0.1) is 11.8 Å². The van der Waals surface area contributed by atoms with Crippen LogP contribution in [0, 0.1) is 12.3 Å². The number of hydrogen-bond donors (Lipinski definition) is 1. The molecule has 0 aromatic carbocycles. The molecule has 1 fully saturated rings. The van der Waals surface area contributed by atoms with Gasteiger partial charge in [-0.3, -0.25) is 0 Å². The number of ether oxygens (including phenoxy) is 1. The van der Waals surface area contributed by atoms with Crippen LogP contribution in [0.1, 0.15) is 12.0 Å². The summed E-state index contributed by atoms with van der Waals surface area (Å²) in [4.78, 5) is 3.95. The predicted molar refractivity (Wildman–Crippen MR) is 66.3 cm³/mol. The number of terminal acetylenes is 1. The van der Waals surface area contributed by atoms with E-state index in [9.17, 15) is 0 Å². The fourth-order valence-corrected chi connectivity index (χ4v) is 1.45. The van der Waals surface area contributed by atoms with Gasteiger partial charge < -0.3 is 10.1 Å². The van der Waals surface area contributed by atoms with Crippen molar-refractivity contribution in [2.45, 2.75) is 12.5 Å². The standard InChI is InChI=1S/C11H11ClN2O.ClH/c1-2-8-5-10(6-14-11(8)12)15-7-9-3-4-13-9;/h1,5-6,9,13H,3-4,7H2;1H/t9-;/m1./s1. The summed E-state index contributed by atoms with van der Waals surface area (Å²) in [6.07, 6.45) is 8.01. The SMILES string of the molecule is C#Cc1cc(OC[C@H]2CCN2)cnc1Cl.Cl. The molecular weight excluding hydrogens is 247 g/mol. The van der Waals surface area contributed by atoms with Crippen molar-refractivity contribution < 1.29 is 4.74 Å². The van der Waals surface area contributed by atoms with Gasteiger partial charge in [0.15, 0.2) is 0 Å². The van der Waals surface area contributed by atoms with Gasteiger partial charge in [-0.2, -0.15) is 0 Å². The summed E-state index contributed by atoms with van der Waals surface area (Å²) in [5, 5.41) is 3.58. The van der Waals surface area contributed by atoms with Gasteiger partial charge in [-0.1, -0.05) is 17.5 Å². The fraction of sp³-hybridized carbons (Fsp3) is 0.364. The molecule has 0 amide bonds. The molecule has 1 aliphatic heterocycles. The molecule has 1 N–H and O–H groups in total. The van der Waals surface area contributed by atoms with E-state index < -0.39 is 0 Å². The van der Waals surface area contributed by atoms with Gasteiger partial charge in [0.1, 0.15) is 17.5 Å². The normalized spacial score (nSPS) is 17.9. The van der Waals surface area contributed by atoms with Crippen molar-refractivity contribution in [1.82, 2.24) is 10.3 Å². The van der Waals surface area contributed by atoms with Gasteiger partial charge in [0.25, 0.3) is 0 Å². The maximum atomic E-state index is 5.78. The summed E-state index contributed by atoms with van der Waals surface area (Å²) >= 11 is 5.78. The van der Waals surface area contributed by atoms with E-state index in [2.05, 4.69) is 16.2 Å². The molecule has 0 radical (unpaired) electrons. The molecule has 2 rings (SSSR count). The maximum absolute atomic E-state index is 5.78. The summed E-state index contributed by atoms with van der Waals surface area (Å²) in [6.45, 7) is 1.72. The van der Waals surface area contributed by atoms with Crippen LogP contribution in [0.2, 0.25) is 5.15 Å². The zero-order chi connectivity index (χ0) is 10.7. The highest BCUT2D eigenvalue weighted by molar-refractivity contribution is 6.30. The van der Waals surface area contributed by atoms with E-state index >= 15 is 0 Å². The fourth-order valence-electron chi connectivity index (χ4n) is 1.30. The molecule has 0 spiro atoms. The summed E-state index contributed by atoms with van der Waals surface area (Å²) in [5.74, 6) is 3.13. The lowest BCUT2D eigenvalue weighted by atomic mass is 10.1. The second kappa shape index (κ2) is 5.95. The Morgan fingerprint density at radius 2 is 2.44 bits per heavy atom. The molecule has 1 saturated heterocycles. The van der Waals surface area contributed by atoms with Crippen molar-refractivity contribution in [3.05, 3.63) is 23.0 Å². The number of nitrogens with one attached hydrogen (secondary N) is 1. The number of halogens is 2. The van der Waals surface area contributed by atoms with Crippen LogP contribution in [0.25, 0.3) is 0 Å². The maximum Gasteiger partial charge on any atom is 0.144 e. The minimum absolute atomic E-state index is 0. The minimum atomic E-state index is 0. The van der Waals surface area contributed by atoms with Crippen LogP contribution in [0.15, 0.2) is 12.3 Å². The summed E-state index contributed by atoms with van der Waals surface area (Å²) in [5.41, 5.74) is 0.565. The van der Waals surface area contributed by atoms with E-state index in [0.29, 0.717) is 29.1 Å². The third kappa shape index (κ3) is 3.02. The summed E-state index contributed by atoms with van der Waals surface area (Å²) < 4.78 is 5.53. The van der Waals surface area contributed by atoms with Crippen molar-refractivity contribution in [3.63, 3.8) is 0 Å². The first-order valence-corrected chi connectivity index (χ1v) is 5.15. The van der Waals surface area contributed by atoms with Gasteiger partial charge in [0, 0.05) is 12.1 Å². The second-order valence-electron chi connectivity index (χ2n) is 3.40. The van der Waals surface area contributed by atoms with Crippen molar-refractivity contribution in [3.8, 4) is 18.1 Å². The Bertz CT molecular complexity index is 399. The number of pyridine rings is 1. The number of rotatable bonds is 3. The topological polar surface area (TPSA) is 34.1 Å². The predicted octanol–water partition coefficient (Wildman–Crippen LogP) is 1.88. The van der Waals surface area contributed by atoms with Crippen LogP contribution in [0.5, 0.6) is 5.75 Å². The third-order valence-electron chi connectivity index (χ3n) is 2.35. The molecule has 3 nitrogen and oxygen atoms in total. The van der Waals surface area contributed by atoms with Crippen molar-refractivity contribution >= 4 is 24.0 Å². The molecule has 0 bridgehead atoms. The minimum Gasteiger partial charge on any atom is -0.490 e. The Morgan fingerprint density at radius 3 is 3.00 bits per heavy atom. The van der Waals surface area contributed by atoms with Crippen LogP contribution in [-0.4, -0.2) is 24.2 Å². The Morgan fingerprint density at radius 1 is 1.69 bits per heavy atom. The molecule has 0 aliphatic carbocycles. The lowest BCUT2D eigenvalue weighted by Crippen LogP contribution is -2.46. The van der Waals surface area contributed by atoms with Gasteiger partial charge in [-0.25, -0.2) is 4.98 Å². The van der Waals surface area contributed by atoms with Crippen LogP contribution in [0.4, 0.5) is 0 Å². The van der Waals surface area contributed by atoms with Gasteiger partial charge >= 0.3 is 0 Å². The first-order valence-electron chi connectivity index (χ1n) is 4.78. The average molecular weight is 259 g/mol. The monoisotopic (exact) mass is 258 g/mol. The van der Waals surface area contributed by atoms with Crippen molar-refractivity contribution in [1.29, 1.82) is 0 Å². The molecule has 0 unspecified atom stereocenters. The molecule has 5 heteroatoms. The largest absolute Gasteiger partial charge is 0.490 e. The summed E-state index contributed by atoms with van der Waals surface area (Å²) in [7, 11) is 0. The van der Waals surface area contributed by atoms with E-state index in [-0.39, 0.29) is 12.4 Å². The number of hydrogen-bond acceptors (Lipinski definition) is 3. The highest BCUT2D eigenvalue weighted by Crippen LogP contribution is 2.18. The molecule has 1 aromatic rings. The molecule has 1 aromatic heterocycles. The van der Waals surface area contributed by atoms with Crippen LogP contribution >= 0.6 is 24.0 Å². The highest BCUT2D eigenvalue weighted by Gasteiger charge is 2.16. The van der Waals surface area contributed by atoms with Gasteiger partial charge in [-0.15, -0.1) is 18.8 Å². The second-order valence-corrected chi connectivity index (χ2v) is 3.76. The van der Waals surface area contributed by atoms with Crippen molar-refractivity contribution in [2.24, 2.45) is 0 Å². The molecule has 2 heterocycles.